The number of aryl methyl sites for hydroxylation is 1. The Hall–Kier alpha value is -1.69. The fourth-order valence-corrected chi connectivity index (χ4v) is 1.33. The fraction of sp³-hybridized carbons (Fsp3) is 0.444. The molecule has 0 bridgehead atoms. The molecule has 2 heterocycles. The fourth-order valence-electron chi connectivity index (χ4n) is 1.33. The van der Waals surface area contributed by atoms with E-state index in [4.69, 9.17) is 0 Å². The van der Waals surface area contributed by atoms with Crippen LogP contribution in [0.25, 0.3) is 0 Å². The number of aromatic amines is 1. The Labute approximate surface area is 87.7 Å². The summed E-state index contributed by atoms with van der Waals surface area (Å²) in [5.41, 5.74) is 1.06. The van der Waals surface area contributed by atoms with Crippen molar-refractivity contribution in [2.75, 3.05) is 0 Å². The Bertz CT molecular complexity index is 404. The van der Waals surface area contributed by atoms with E-state index in [1.807, 2.05) is 13.1 Å². The predicted octanol–water partition coefficient (Wildman–Crippen LogP) is 0.389. The summed E-state index contributed by atoms with van der Waals surface area (Å²) in [7, 11) is 1.86. The molecule has 0 aliphatic carbocycles. The second-order valence-electron chi connectivity index (χ2n) is 3.45. The van der Waals surface area contributed by atoms with Crippen molar-refractivity contribution in [3.8, 4) is 0 Å². The molecule has 6 nitrogen and oxygen atoms in total. The third-order valence-electron chi connectivity index (χ3n) is 2.20. The minimum atomic E-state index is 0.219. The predicted molar refractivity (Wildman–Crippen MR) is 54.8 cm³/mol. The standard InChI is InChI=1S/C9H14N6/c1-7(8-3-4-12-13-8)10-5-9-11-6-15(2)14-9/h3-4,6-7,10H,5H2,1-2H3,(H,12,13). The smallest absolute Gasteiger partial charge is 0.164 e. The van der Waals surface area contributed by atoms with E-state index in [0.717, 1.165) is 11.5 Å². The van der Waals surface area contributed by atoms with Crippen molar-refractivity contribution in [3.63, 3.8) is 0 Å². The number of hydrogen-bond acceptors (Lipinski definition) is 4. The summed E-state index contributed by atoms with van der Waals surface area (Å²) in [5, 5.41) is 14.3. The molecule has 2 N–H and O–H groups in total. The molecule has 2 rings (SSSR count). The Morgan fingerprint density at radius 2 is 2.47 bits per heavy atom. The summed E-state index contributed by atoms with van der Waals surface area (Å²) < 4.78 is 1.69. The van der Waals surface area contributed by atoms with E-state index < -0.39 is 0 Å². The molecule has 0 spiro atoms. The van der Waals surface area contributed by atoms with E-state index in [1.165, 1.54) is 0 Å². The summed E-state index contributed by atoms with van der Waals surface area (Å²) in [6, 6.07) is 2.17. The van der Waals surface area contributed by atoms with Gasteiger partial charge in [0, 0.05) is 19.3 Å². The van der Waals surface area contributed by atoms with E-state index in [2.05, 4.69) is 32.5 Å². The van der Waals surface area contributed by atoms with Crippen LogP contribution >= 0.6 is 0 Å². The summed E-state index contributed by atoms with van der Waals surface area (Å²) in [4.78, 5) is 4.13. The van der Waals surface area contributed by atoms with Crippen LogP contribution in [0, 0.1) is 0 Å². The molecule has 0 amide bonds. The quantitative estimate of drug-likeness (QED) is 0.759. The zero-order chi connectivity index (χ0) is 10.7. The highest BCUT2D eigenvalue weighted by molar-refractivity contribution is 5.03. The van der Waals surface area contributed by atoms with Gasteiger partial charge in [-0.25, -0.2) is 4.98 Å². The van der Waals surface area contributed by atoms with Gasteiger partial charge in [0.25, 0.3) is 0 Å². The number of nitrogens with zero attached hydrogens (tertiary/aromatic N) is 4. The zero-order valence-electron chi connectivity index (χ0n) is 8.81. The normalized spacial score (nSPS) is 12.9. The van der Waals surface area contributed by atoms with Crippen molar-refractivity contribution in [2.45, 2.75) is 19.5 Å². The maximum absolute atomic E-state index is 4.18. The highest BCUT2D eigenvalue weighted by Crippen LogP contribution is 2.07. The van der Waals surface area contributed by atoms with Crippen LogP contribution in [0.4, 0.5) is 0 Å². The van der Waals surface area contributed by atoms with Crippen molar-refractivity contribution in [2.24, 2.45) is 7.05 Å². The lowest BCUT2D eigenvalue weighted by Gasteiger charge is -2.09. The number of H-pyrrole nitrogens is 1. The van der Waals surface area contributed by atoms with Crippen molar-refractivity contribution in [3.05, 3.63) is 30.1 Å². The second-order valence-corrected chi connectivity index (χ2v) is 3.45. The van der Waals surface area contributed by atoms with Gasteiger partial charge in [-0.2, -0.15) is 10.2 Å². The molecule has 80 valence electrons. The van der Waals surface area contributed by atoms with E-state index in [1.54, 1.807) is 17.2 Å². The topological polar surface area (TPSA) is 71.4 Å². The first-order valence-corrected chi connectivity index (χ1v) is 4.83. The average Bonchev–Trinajstić information content (AvgIpc) is 2.84. The van der Waals surface area contributed by atoms with Gasteiger partial charge in [0.1, 0.15) is 6.33 Å². The van der Waals surface area contributed by atoms with Gasteiger partial charge in [-0.1, -0.05) is 0 Å². The first-order valence-electron chi connectivity index (χ1n) is 4.83. The first-order chi connectivity index (χ1) is 7.25. The van der Waals surface area contributed by atoms with Gasteiger partial charge in [0.05, 0.1) is 12.2 Å². The Morgan fingerprint density at radius 1 is 1.60 bits per heavy atom. The molecule has 1 atom stereocenters. The Morgan fingerprint density at radius 3 is 3.07 bits per heavy atom. The van der Waals surface area contributed by atoms with E-state index in [-0.39, 0.29) is 6.04 Å². The molecular weight excluding hydrogens is 192 g/mol. The van der Waals surface area contributed by atoms with Crippen molar-refractivity contribution >= 4 is 0 Å². The van der Waals surface area contributed by atoms with Crippen LogP contribution in [0.15, 0.2) is 18.6 Å². The van der Waals surface area contributed by atoms with E-state index >= 15 is 0 Å². The highest BCUT2D eigenvalue weighted by Gasteiger charge is 2.06. The average molecular weight is 206 g/mol. The van der Waals surface area contributed by atoms with Gasteiger partial charge >= 0.3 is 0 Å². The van der Waals surface area contributed by atoms with Crippen molar-refractivity contribution in [1.29, 1.82) is 0 Å². The highest BCUT2D eigenvalue weighted by atomic mass is 15.3. The number of nitrogens with one attached hydrogen (secondary N) is 2. The maximum Gasteiger partial charge on any atom is 0.164 e. The van der Waals surface area contributed by atoms with Crippen molar-refractivity contribution < 1.29 is 0 Å². The minimum Gasteiger partial charge on any atom is -0.302 e. The molecule has 15 heavy (non-hydrogen) atoms. The zero-order valence-corrected chi connectivity index (χ0v) is 8.81. The largest absolute Gasteiger partial charge is 0.302 e. The maximum atomic E-state index is 4.18. The van der Waals surface area contributed by atoms with Gasteiger partial charge < -0.3 is 5.32 Å². The lowest BCUT2D eigenvalue weighted by Crippen LogP contribution is -2.19. The molecule has 0 aliphatic heterocycles. The first kappa shape index (κ1) is 9.85. The Balaban J connectivity index is 1.88. The van der Waals surface area contributed by atoms with Crippen LogP contribution < -0.4 is 5.32 Å². The van der Waals surface area contributed by atoms with Crippen LogP contribution in [0.1, 0.15) is 24.5 Å². The Kier molecular flexibility index (Phi) is 2.77. The number of rotatable bonds is 4. The van der Waals surface area contributed by atoms with Crippen LogP contribution in [-0.4, -0.2) is 25.0 Å². The molecule has 0 aliphatic rings. The van der Waals surface area contributed by atoms with E-state index in [9.17, 15) is 0 Å². The molecule has 6 heteroatoms. The molecule has 1 unspecified atom stereocenters. The van der Waals surface area contributed by atoms with Gasteiger partial charge in [-0.3, -0.25) is 9.78 Å². The molecule has 2 aromatic rings. The molecule has 0 fully saturated rings. The van der Waals surface area contributed by atoms with Gasteiger partial charge in [-0.15, -0.1) is 0 Å². The van der Waals surface area contributed by atoms with Crippen LogP contribution in [-0.2, 0) is 13.6 Å². The van der Waals surface area contributed by atoms with Crippen LogP contribution in [0.5, 0.6) is 0 Å². The lowest BCUT2D eigenvalue weighted by atomic mass is 10.2. The lowest BCUT2D eigenvalue weighted by molar-refractivity contribution is 0.544. The van der Waals surface area contributed by atoms with E-state index in [0.29, 0.717) is 6.54 Å². The van der Waals surface area contributed by atoms with Crippen LogP contribution in [0.2, 0.25) is 0 Å². The van der Waals surface area contributed by atoms with Gasteiger partial charge in [-0.05, 0) is 13.0 Å². The van der Waals surface area contributed by atoms with Gasteiger partial charge in [0.15, 0.2) is 5.82 Å². The van der Waals surface area contributed by atoms with Crippen LogP contribution in [0.3, 0.4) is 0 Å². The molecule has 0 saturated heterocycles. The molecular formula is C9H14N6. The molecule has 0 radical (unpaired) electrons. The molecule has 0 saturated carbocycles. The minimum absolute atomic E-state index is 0.219. The number of hydrogen-bond donors (Lipinski definition) is 2. The second kappa shape index (κ2) is 4.22. The summed E-state index contributed by atoms with van der Waals surface area (Å²) >= 11 is 0. The molecule has 0 aromatic carbocycles. The summed E-state index contributed by atoms with van der Waals surface area (Å²) in [5.74, 6) is 0.795. The third-order valence-corrected chi connectivity index (χ3v) is 2.20. The summed E-state index contributed by atoms with van der Waals surface area (Å²) in [6.07, 6.45) is 3.43. The van der Waals surface area contributed by atoms with Crippen molar-refractivity contribution in [1.82, 2.24) is 30.3 Å². The van der Waals surface area contributed by atoms with Gasteiger partial charge in [0.2, 0.25) is 0 Å². The SMILES string of the molecule is CC(NCc1ncn(C)n1)c1ccn[nH]1. The number of aromatic nitrogens is 5. The monoisotopic (exact) mass is 206 g/mol. The third kappa shape index (κ3) is 2.41. The summed E-state index contributed by atoms with van der Waals surface area (Å²) in [6.45, 7) is 2.72. The molecule has 2 aromatic heterocycles.